The summed E-state index contributed by atoms with van der Waals surface area (Å²) in [6, 6.07) is 0. The summed E-state index contributed by atoms with van der Waals surface area (Å²) in [6.45, 7) is 11.1. The molecule has 0 spiro atoms. The molecule has 0 aromatic heterocycles. The molecule has 3 heteroatoms. The van der Waals surface area contributed by atoms with E-state index in [1.54, 1.807) is 6.92 Å². The fourth-order valence-corrected chi connectivity index (χ4v) is 1.06. The number of hydrogen-bond donors (Lipinski definition) is 0. The Kier molecular flexibility index (Phi) is 5.94. The first-order valence-corrected chi connectivity index (χ1v) is 5.14. The summed E-state index contributed by atoms with van der Waals surface area (Å²) in [6.07, 6.45) is 2.88. The van der Waals surface area contributed by atoms with Gasteiger partial charge in [0.25, 0.3) is 0 Å². The van der Waals surface area contributed by atoms with Crippen molar-refractivity contribution in [3.8, 4) is 0 Å². The van der Waals surface area contributed by atoms with E-state index < -0.39 is 0 Å². The molecule has 0 saturated heterocycles. The van der Waals surface area contributed by atoms with Crippen molar-refractivity contribution in [2.24, 2.45) is 0 Å². The molecule has 0 N–H and O–H groups in total. The summed E-state index contributed by atoms with van der Waals surface area (Å²) in [4.78, 5) is 11.1. The SMILES string of the molecule is C=CCC[N+](C)(C)CCOC(=O)C(=C)C. The Hall–Kier alpha value is -1.09. The molecule has 0 amide bonds. The zero-order valence-corrected chi connectivity index (χ0v) is 10.1. The molecule has 0 aliphatic heterocycles. The van der Waals surface area contributed by atoms with Crippen LogP contribution in [0.1, 0.15) is 13.3 Å². The average molecular weight is 212 g/mol. The summed E-state index contributed by atoms with van der Waals surface area (Å²) >= 11 is 0. The van der Waals surface area contributed by atoms with E-state index >= 15 is 0 Å². The van der Waals surface area contributed by atoms with Gasteiger partial charge >= 0.3 is 5.97 Å². The second-order valence-corrected chi connectivity index (χ2v) is 4.38. The Morgan fingerprint density at radius 1 is 1.40 bits per heavy atom. The van der Waals surface area contributed by atoms with Gasteiger partial charge in [0.05, 0.1) is 20.6 Å². The zero-order valence-electron chi connectivity index (χ0n) is 10.1. The topological polar surface area (TPSA) is 26.3 Å². The number of carbonyl (C=O) groups is 1. The summed E-state index contributed by atoms with van der Waals surface area (Å²) in [5.74, 6) is -0.307. The van der Waals surface area contributed by atoms with Crippen molar-refractivity contribution >= 4 is 5.97 Å². The van der Waals surface area contributed by atoms with Crippen molar-refractivity contribution in [3.05, 3.63) is 24.8 Å². The maximum Gasteiger partial charge on any atom is 0.333 e. The Balaban J connectivity index is 3.78. The maximum absolute atomic E-state index is 11.1. The van der Waals surface area contributed by atoms with Gasteiger partial charge in [0.2, 0.25) is 0 Å². The lowest BCUT2D eigenvalue weighted by Crippen LogP contribution is -2.43. The number of hydrogen-bond acceptors (Lipinski definition) is 2. The molecule has 0 fully saturated rings. The highest BCUT2D eigenvalue weighted by Crippen LogP contribution is 2.00. The third kappa shape index (κ3) is 6.91. The molecule has 3 nitrogen and oxygen atoms in total. The molecular formula is C12H22NO2+. The normalized spacial score (nSPS) is 10.9. The fourth-order valence-electron chi connectivity index (χ4n) is 1.06. The van der Waals surface area contributed by atoms with Crippen LogP contribution in [0.25, 0.3) is 0 Å². The van der Waals surface area contributed by atoms with Crippen LogP contribution in [0.5, 0.6) is 0 Å². The van der Waals surface area contributed by atoms with Crippen LogP contribution in [-0.4, -0.2) is 44.2 Å². The average Bonchev–Trinajstić information content (AvgIpc) is 2.14. The molecule has 15 heavy (non-hydrogen) atoms. The quantitative estimate of drug-likeness (QED) is 0.278. The van der Waals surface area contributed by atoms with E-state index in [0.717, 1.165) is 24.0 Å². The van der Waals surface area contributed by atoms with Gasteiger partial charge in [0.15, 0.2) is 0 Å². The minimum Gasteiger partial charge on any atom is -0.456 e. The molecule has 0 aliphatic rings. The Morgan fingerprint density at radius 3 is 2.47 bits per heavy atom. The van der Waals surface area contributed by atoms with Crippen molar-refractivity contribution < 1.29 is 14.0 Å². The Labute approximate surface area is 92.6 Å². The lowest BCUT2D eigenvalue weighted by atomic mass is 10.3. The zero-order chi connectivity index (χ0) is 11.9. The van der Waals surface area contributed by atoms with Crippen LogP contribution in [0.15, 0.2) is 24.8 Å². The van der Waals surface area contributed by atoms with Gasteiger partial charge in [-0.1, -0.05) is 12.7 Å². The van der Waals surface area contributed by atoms with Crippen molar-refractivity contribution in [2.75, 3.05) is 33.8 Å². The van der Waals surface area contributed by atoms with Crippen LogP contribution in [0, 0.1) is 0 Å². The summed E-state index contributed by atoms with van der Waals surface area (Å²) < 4.78 is 5.87. The van der Waals surface area contributed by atoms with Crippen LogP contribution in [0.2, 0.25) is 0 Å². The smallest absolute Gasteiger partial charge is 0.333 e. The first-order valence-electron chi connectivity index (χ1n) is 5.14. The number of rotatable bonds is 7. The third-order valence-electron chi connectivity index (χ3n) is 2.22. The van der Waals surface area contributed by atoms with Crippen LogP contribution in [-0.2, 0) is 9.53 Å². The number of nitrogens with zero attached hydrogens (tertiary/aromatic N) is 1. The molecule has 0 aromatic carbocycles. The Bertz CT molecular complexity index is 244. The fraction of sp³-hybridized carbons (Fsp3) is 0.583. The number of quaternary nitrogens is 1. The lowest BCUT2D eigenvalue weighted by Gasteiger charge is -2.29. The van der Waals surface area contributed by atoms with E-state index in [1.807, 2.05) is 6.08 Å². The van der Waals surface area contributed by atoms with E-state index in [0.29, 0.717) is 12.2 Å². The van der Waals surface area contributed by atoms with Crippen LogP contribution < -0.4 is 0 Å². The van der Waals surface area contributed by atoms with E-state index in [9.17, 15) is 4.79 Å². The second-order valence-electron chi connectivity index (χ2n) is 4.38. The summed E-state index contributed by atoms with van der Waals surface area (Å²) in [7, 11) is 4.22. The van der Waals surface area contributed by atoms with Gasteiger partial charge in [-0.15, -0.1) is 6.58 Å². The lowest BCUT2D eigenvalue weighted by molar-refractivity contribution is -0.890. The predicted molar refractivity (Wildman–Crippen MR) is 62.4 cm³/mol. The molecule has 0 aromatic rings. The standard InChI is InChI=1S/C12H22NO2/c1-6-7-8-13(4,5)9-10-15-12(14)11(2)3/h6H,1-2,7-10H2,3-5H3/q+1. The number of carbonyl (C=O) groups excluding carboxylic acids is 1. The molecule has 0 saturated carbocycles. The van der Waals surface area contributed by atoms with Crippen molar-refractivity contribution in [2.45, 2.75) is 13.3 Å². The van der Waals surface area contributed by atoms with Gasteiger partial charge in [-0.05, 0) is 6.92 Å². The van der Waals surface area contributed by atoms with Crippen molar-refractivity contribution in [3.63, 3.8) is 0 Å². The van der Waals surface area contributed by atoms with E-state index in [-0.39, 0.29) is 5.97 Å². The molecular weight excluding hydrogens is 190 g/mol. The van der Waals surface area contributed by atoms with Crippen molar-refractivity contribution in [1.29, 1.82) is 0 Å². The summed E-state index contributed by atoms with van der Waals surface area (Å²) in [5.41, 5.74) is 0.450. The van der Waals surface area contributed by atoms with Gasteiger partial charge in [-0.2, -0.15) is 0 Å². The van der Waals surface area contributed by atoms with Gasteiger partial charge in [0.1, 0.15) is 13.2 Å². The van der Waals surface area contributed by atoms with Crippen molar-refractivity contribution in [1.82, 2.24) is 0 Å². The first-order chi connectivity index (χ1) is 6.89. The predicted octanol–water partition coefficient (Wildman–Crippen LogP) is 1.76. The number of ether oxygens (including phenoxy) is 1. The highest BCUT2D eigenvalue weighted by Gasteiger charge is 2.14. The minimum atomic E-state index is -0.307. The highest BCUT2D eigenvalue weighted by molar-refractivity contribution is 5.86. The molecule has 0 atom stereocenters. The van der Waals surface area contributed by atoms with E-state index in [4.69, 9.17) is 4.74 Å². The first kappa shape index (κ1) is 13.9. The minimum absolute atomic E-state index is 0.307. The monoisotopic (exact) mass is 212 g/mol. The summed E-state index contributed by atoms with van der Waals surface area (Å²) in [5, 5.41) is 0. The van der Waals surface area contributed by atoms with E-state index in [2.05, 4.69) is 27.3 Å². The molecule has 0 bridgehead atoms. The largest absolute Gasteiger partial charge is 0.456 e. The van der Waals surface area contributed by atoms with Gasteiger partial charge in [-0.25, -0.2) is 4.79 Å². The highest BCUT2D eigenvalue weighted by atomic mass is 16.5. The Morgan fingerprint density at radius 2 is 2.00 bits per heavy atom. The molecule has 0 unspecified atom stereocenters. The van der Waals surface area contributed by atoms with Crippen LogP contribution in [0.4, 0.5) is 0 Å². The van der Waals surface area contributed by atoms with Crippen LogP contribution >= 0.6 is 0 Å². The van der Waals surface area contributed by atoms with Gasteiger partial charge < -0.3 is 9.22 Å². The van der Waals surface area contributed by atoms with Gasteiger partial charge in [0, 0.05) is 12.0 Å². The molecule has 0 rings (SSSR count). The van der Waals surface area contributed by atoms with Gasteiger partial charge in [-0.3, -0.25) is 0 Å². The number of esters is 1. The van der Waals surface area contributed by atoms with Crippen LogP contribution in [0.3, 0.4) is 0 Å². The molecule has 86 valence electrons. The third-order valence-corrected chi connectivity index (χ3v) is 2.22. The molecule has 0 radical (unpaired) electrons. The van der Waals surface area contributed by atoms with E-state index in [1.165, 1.54) is 0 Å². The molecule has 0 heterocycles. The number of likely N-dealkylation sites (N-methyl/N-ethyl adjacent to an activating group) is 1. The second kappa shape index (κ2) is 6.40. The maximum atomic E-state index is 11.1. The molecule has 0 aliphatic carbocycles.